The molecular weight excluding hydrogens is 262 g/mol. The maximum absolute atomic E-state index is 11.6. The van der Waals surface area contributed by atoms with Crippen LogP contribution in [0, 0.1) is 0 Å². The monoisotopic (exact) mass is 273 g/mol. The normalized spacial score (nSPS) is 10.6. The molecule has 0 aliphatic rings. The van der Waals surface area contributed by atoms with Crippen LogP contribution in [0.25, 0.3) is 6.08 Å². The van der Waals surface area contributed by atoms with Gasteiger partial charge in [-0.05, 0) is 35.9 Å². The lowest BCUT2D eigenvalue weighted by atomic mass is 10.2. The van der Waals surface area contributed by atoms with Gasteiger partial charge < -0.3 is 11.1 Å². The minimum atomic E-state index is -0.257. The molecule has 1 heterocycles. The Morgan fingerprint density at radius 1 is 1.21 bits per heavy atom. The van der Waals surface area contributed by atoms with Crippen LogP contribution in [-0.4, -0.2) is 10.9 Å². The Morgan fingerprint density at radius 3 is 2.58 bits per heavy atom. The molecule has 1 aromatic heterocycles. The third kappa shape index (κ3) is 4.12. The number of rotatable bonds is 3. The van der Waals surface area contributed by atoms with E-state index in [1.807, 2.05) is 12.1 Å². The van der Waals surface area contributed by atoms with Crippen molar-refractivity contribution in [3.05, 3.63) is 59.3 Å². The van der Waals surface area contributed by atoms with Gasteiger partial charge in [0.2, 0.25) is 5.91 Å². The number of aromatic nitrogens is 1. The molecule has 2 rings (SSSR count). The number of pyridine rings is 1. The molecule has 0 fully saturated rings. The molecule has 0 aliphatic carbocycles. The number of hydrogen-bond acceptors (Lipinski definition) is 3. The van der Waals surface area contributed by atoms with E-state index in [-0.39, 0.29) is 5.91 Å². The van der Waals surface area contributed by atoms with Crippen molar-refractivity contribution in [2.45, 2.75) is 0 Å². The summed E-state index contributed by atoms with van der Waals surface area (Å²) in [6.45, 7) is 0. The highest BCUT2D eigenvalue weighted by Gasteiger charge is 1.98. The molecule has 5 heteroatoms. The van der Waals surface area contributed by atoms with Gasteiger partial charge in [-0.15, -0.1) is 0 Å². The van der Waals surface area contributed by atoms with Gasteiger partial charge >= 0.3 is 0 Å². The summed E-state index contributed by atoms with van der Waals surface area (Å²) in [7, 11) is 0. The van der Waals surface area contributed by atoms with Gasteiger partial charge in [0.05, 0.1) is 11.9 Å². The van der Waals surface area contributed by atoms with Gasteiger partial charge in [0.1, 0.15) is 5.82 Å². The fourth-order valence-corrected chi connectivity index (χ4v) is 1.52. The van der Waals surface area contributed by atoms with Crippen molar-refractivity contribution < 1.29 is 4.79 Å². The molecule has 3 N–H and O–H groups in total. The number of carbonyl (C=O) groups is 1. The highest BCUT2D eigenvalue weighted by molar-refractivity contribution is 6.30. The second-order valence-corrected chi connectivity index (χ2v) is 4.29. The van der Waals surface area contributed by atoms with E-state index in [2.05, 4.69) is 10.3 Å². The second kappa shape index (κ2) is 6.02. The lowest BCUT2D eigenvalue weighted by Gasteiger charge is -2.01. The Kier molecular flexibility index (Phi) is 4.15. The summed E-state index contributed by atoms with van der Waals surface area (Å²) >= 11 is 5.77. The van der Waals surface area contributed by atoms with E-state index in [0.29, 0.717) is 16.5 Å². The van der Waals surface area contributed by atoms with E-state index < -0.39 is 0 Å². The molecule has 0 aliphatic heterocycles. The average molecular weight is 274 g/mol. The minimum Gasteiger partial charge on any atom is -0.397 e. The number of hydrogen-bond donors (Lipinski definition) is 2. The molecule has 0 atom stereocenters. The van der Waals surface area contributed by atoms with Crippen LogP contribution in [0.15, 0.2) is 48.7 Å². The summed E-state index contributed by atoms with van der Waals surface area (Å²) in [6, 6.07) is 10.5. The number of anilines is 2. The Labute approximate surface area is 115 Å². The largest absolute Gasteiger partial charge is 0.397 e. The summed E-state index contributed by atoms with van der Waals surface area (Å²) in [4.78, 5) is 15.6. The van der Waals surface area contributed by atoms with Crippen LogP contribution in [0.4, 0.5) is 11.5 Å². The van der Waals surface area contributed by atoms with Crippen LogP contribution in [-0.2, 0) is 4.79 Å². The number of nitrogens with zero attached hydrogens (tertiary/aromatic N) is 1. The maximum Gasteiger partial charge on any atom is 0.249 e. The lowest BCUT2D eigenvalue weighted by Crippen LogP contribution is -2.09. The molecule has 1 aromatic carbocycles. The fourth-order valence-electron chi connectivity index (χ4n) is 1.39. The van der Waals surface area contributed by atoms with E-state index in [4.69, 9.17) is 17.3 Å². The number of nitrogens with one attached hydrogen (secondary N) is 1. The van der Waals surface area contributed by atoms with Crippen molar-refractivity contribution >= 4 is 35.1 Å². The van der Waals surface area contributed by atoms with Crippen LogP contribution >= 0.6 is 11.6 Å². The molecule has 0 saturated heterocycles. The van der Waals surface area contributed by atoms with Crippen molar-refractivity contribution in [2.24, 2.45) is 0 Å². The van der Waals surface area contributed by atoms with E-state index in [0.717, 1.165) is 5.56 Å². The van der Waals surface area contributed by atoms with E-state index >= 15 is 0 Å². The Hall–Kier alpha value is -2.33. The number of nitrogens with two attached hydrogens (primary N) is 1. The number of nitrogen functional groups attached to an aromatic ring is 1. The molecule has 1 amide bonds. The van der Waals surface area contributed by atoms with Crippen molar-refractivity contribution in [1.82, 2.24) is 4.98 Å². The average Bonchev–Trinajstić information content (AvgIpc) is 2.41. The quantitative estimate of drug-likeness (QED) is 0.845. The zero-order chi connectivity index (χ0) is 13.7. The molecular formula is C14H12ClN3O. The molecule has 0 radical (unpaired) electrons. The summed E-state index contributed by atoms with van der Waals surface area (Å²) in [5.41, 5.74) is 6.95. The summed E-state index contributed by atoms with van der Waals surface area (Å²) in [6.07, 6.45) is 4.61. The first-order valence-corrected chi connectivity index (χ1v) is 5.97. The molecule has 4 nitrogen and oxygen atoms in total. The predicted octanol–water partition coefficient (Wildman–Crippen LogP) is 2.97. The third-order valence-electron chi connectivity index (χ3n) is 2.33. The molecule has 2 aromatic rings. The van der Waals surface area contributed by atoms with Crippen LogP contribution in [0.1, 0.15) is 5.56 Å². The predicted molar refractivity (Wildman–Crippen MR) is 77.8 cm³/mol. The Morgan fingerprint density at radius 2 is 1.95 bits per heavy atom. The van der Waals surface area contributed by atoms with Gasteiger partial charge in [0.15, 0.2) is 0 Å². The summed E-state index contributed by atoms with van der Waals surface area (Å²) in [5, 5.41) is 3.29. The van der Waals surface area contributed by atoms with Gasteiger partial charge in [0.25, 0.3) is 0 Å². The van der Waals surface area contributed by atoms with Crippen molar-refractivity contribution in [3.63, 3.8) is 0 Å². The number of halogens is 1. The van der Waals surface area contributed by atoms with Crippen LogP contribution in [0.5, 0.6) is 0 Å². The second-order valence-electron chi connectivity index (χ2n) is 3.85. The lowest BCUT2D eigenvalue weighted by molar-refractivity contribution is -0.111. The summed E-state index contributed by atoms with van der Waals surface area (Å²) < 4.78 is 0. The Balaban J connectivity index is 1.97. The van der Waals surface area contributed by atoms with Gasteiger partial charge in [-0.2, -0.15) is 0 Å². The molecule has 0 bridgehead atoms. The van der Waals surface area contributed by atoms with Crippen LogP contribution < -0.4 is 11.1 Å². The number of amides is 1. The van der Waals surface area contributed by atoms with E-state index in [9.17, 15) is 4.79 Å². The van der Waals surface area contributed by atoms with Crippen molar-refractivity contribution in [1.29, 1.82) is 0 Å². The van der Waals surface area contributed by atoms with Crippen LogP contribution in [0.3, 0.4) is 0 Å². The standard InChI is InChI=1S/C14H12ClN3O/c15-11-4-1-10(2-5-11)3-8-14(19)18-13-7-6-12(16)9-17-13/h1-9H,16H2,(H,17,18,19)/b8-3+. The number of benzene rings is 1. The smallest absolute Gasteiger partial charge is 0.249 e. The van der Waals surface area contributed by atoms with Crippen molar-refractivity contribution in [3.8, 4) is 0 Å². The first kappa shape index (κ1) is 13.1. The van der Waals surface area contributed by atoms with Gasteiger partial charge in [0, 0.05) is 11.1 Å². The number of carbonyl (C=O) groups excluding carboxylic acids is 1. The third-order valence-corrected chi connectivity index (χ3v) is 2.59. The topological polar surface area (TPSA) is 68.0 Å². The SMILES string of the molecule is Nc1ccc(NC(=O)/C=C/c2ccc(Cl)cc2)nc1. The van der Waals surface area contributed by atoms with Gasteiger partial charge in [-0.25, -0.2) is 4.98 Å². The molecule has 0 saturated carbocycles. The first-order chi connectivity index (χ1) is 9.13. The molecule has 96 valence electrons. The Bertz CT molecular complexity index is 591. The zero-order valence-corrected chi connectivity index (χ0v) is 10.8. The minimum absolute atomic E-state index is 0.257. The van der Waals surface area contributed by atoms with Crippen LogP contribution in [0.2, 0.25) is 5.02 Å². The molecule has 19 heavy (non-hydrogen) atoms. The zero-order valence-electron chi connectivity index (χ0n) is 10.0. The first-order valence-electron chi connectivity index (χ1n) is 5.59. The fraction of sp³-hybridized carbons (Fsp3) is 0. The molecule has 0 unspecified atom stereocenters. The molecule has 0 spiro atoms. The van der Waals surface area contributed by atoms with E-state index in [1.54, 1.807) is 30.3 Å². The highest BCUT2D eigenvalue weighted by atomic mass is 35.5. The summed E-state index contributed by atoms with van der Waals surface area (Å²) in [5.74, 6) is 0.201. The van der Waals surface area contributed by atoms with E-state index in [1.165, 1.54) is 12.3 Å². The van der Waals surface area contributed by atoms with Gasteiger partial charge in [-0.3, -0.25) is 4.79 Å². The highest BCUT2D eigenvalue weighted by Crippen LogP contribution is 2.11. The van der Waals surface area contributed by atoms with Gasteiger partial charge in [-0.1, -0.05) is 23.7 Å². The maximum atomic E-state index is 11.6. The van der Waals surface area contributed by atoms with Crippen molar-refractivity contribution in [2.75, 3.05) is 11.1 Å².